The maximum Gasteiger partial charge on any atom is 0.0236 e. The van der Waals surface area contributed by atoms with Gasteiger partial charge in [-0.25, -0.2) is 0 Å². The van der Waals surface area contributed by atoms with Gasteiger partial charge < -0.3 is 0 Å². The Morgan fingerprint density at radius 1 is 1.20 bits per heavy atom. The van der Waals surface area contributed by atoms with Gasteiger partial charge in [0.2, 0.25) is 0 Å². The summed E-state index contributed by atoms with van der Waals surface area (Å²) in [6.45, 7) is 4.69. The van der Waals surface area contributed by atoms with Gasteiger partial charge in [-0.2, -0.15) is 0 Å². The number of benzene rings is 1. The third-order valence-electron chi connectivity index (χ3n) is 3.09. The number of hydrogen-bond acceptors (Lipinski definition) is 1. The number of rotatable bonds is 6. The van der Waals surface area contributed by atoms with E-state index in [1.54, 1.807) is 0 Å². The van der Waals surface area contributed by atoms with Gasteiger partial charge in [-0.1, -0.05) is 43.7 Å². The summed E-state index contributed by atoms with van der Waals surface area (Å²) >= 11 is 0. The summed E-state index contributed by atoms with van der Waals surface area (Å²) in [5.41, 5.74) is 1.46. The van der Waals surface area contributed by atoms with Gasteiger partial charge in [-0.15, -0.1) is 0 Å². The van der Waals surface area contributed by atoms with E-state index in [4.69, 9.17) is 0 Å². The van der Waals surface area contributed by atoms with E-state index in [9.17, 15) is 0 Å². The molecule has 0 N–H and O–H groups in total. The molecule has 1 aliphatic carbocycles. The zero-order valence-electron chi connectivity index (χ0n) is 9.65. The van der Waals surface area contributed by atoms with Crippen molar-refractivity contribution in [1.29, 1.82) is 0 Å². The Morgan fingerprint density at radius 3 is 2.53 bits per heavy atom. The first-order valence-corrected chi connectivity index (χ1v) is 6.18. The molecule has 0 aliphatic heterocycles. The molecule has 0 amide bonds. The van der Waals surface area contributed by atoms with E-state index in [0.717, 1.165) is 12.6 Å². The summed E-state index contributed by atoms with van der Waals surface area (Å²) in [7, 11) is 0. The fourth-order valence-corrected chi connectivity index (χ4v) is 2.01. The average molecular weight is 203 g/mol. The van der Waals surface area contributed by atoms with Crippen molar-refractivity contribution >= 4 is 0 Å². The predicted octanol–water partition coefficient (Wildman–Crippen LogP) is 3.45. The van der Waals surface area contributed by atoms with Crippen molar-refractivity contribution in [3.63, 3.8) is 0 Å². The van der Waals surface area contributed by atoms with Crippen LogP contribution in [0.3, 0.4) is 0 Å². The fraction of sp³-hybridized carbons (Fsp3) is 0.571. The molecule has 1 fully saturated rings. The molecule has 0 aromatic heterocycles. The summed E-state index contributed by atoms with van der Waals surface area (Å²) in [5.74, 6) is 0. The summed E-state index contributed by atoms with van der Waals surface area (Å²) in [5, 5.41) is 0. The van der Waals surface area contributed by atoms with Crippen LogP contribution in [0.5, 0.6) is 0 Å². The smallest absolute Gasteiger partial charge is 0.0236 e. The third-order valence-corrected chi connectivity index (χ3v) is 3.09. The van der Waals surface area contributed by atoms with Crippen LogP contribution in [0.2, 0.25) is 0 Å². The second-order valence-corrected chi connectivity index (χ2v) is 4.54. The molecule has 1 aromatic carbocycles. The lowest BCUT2D eigenvalue weighted by molar-refractivity contribution is 0.251. The highest BCUT2D eigenvalue weighted by atomic mass is 15.2. The van der Waals surface area contributed by atoms with Gasteiger partial charge in [0.25, 0.3) is 0 Å². The van der Waals surface area contributed by atoms with Crippen LogP contribution in [0.15, 0.2) is 30.3 Å². The largest absolute Gasteiger partial charge is 0.296 e. The van der Waals surface area contributed by atoms with E-state index in [1.807, 2.05) is 0 Å². The van der Waals surface area contributed by atoms with Crippen molar-refractivity contribution in [1.82, 2.24) is 4.90 Å². The van der Waals surface area contributed by atoms with Gasteiger partial charge in [0.1, 0.15) is 0 Å². The lowest BCUT2D eigenvalue weighted by Crippen LogP contribution is -2.26. The van der Waals surface area contributed by atoms with Gasteiger partial charge in [0.15, 0.2) is 0 Å². The molecule has 2 rings (SSSR count). The Labute approximate surface area is 93.1 Å². The molecule has 0 bridgehead atoms. The molecular weight excluding hydrogens is 182 g/mol. The van der Waals surface area contributed by atoms with E-state index < -0.39 is 0 Å². The van der Waals surface area contributed by atoms with Gasteiger partial charge in [0, 0.05) is 12.6 Å². The fourth-order valence-electron chi connectivity index (χ4n) is 2.01. The number of unbranched alkanes of at least 4 members (excludes halogenated alkanes) is 1. The van der Waals surface area contributed by atoms with E-state index >= 15 is 0 Å². The minimum atomic E-state index is 0.886. The van der Waals surface area contributed by atoms with E-state index in [0.29, 0.717) is 0 Å². The van der Waals surface area contributed by atoms with Crippen molar-refractivity contribution in [2.45, 2.75) is 45.2 Å². The van der Waals surface area contributed by atoms with Crippen LogP contribution in [-0.4, -0.2) is 17.5 Å². The van der Waals surface area contributed by atoms with Gasteiger partial charge >= 0.3 is 0 Å². The van der Waals surface area contributed by atoms with Gasteiger partial charge in [-0.05, 0) is 31.4 Å². The summed E-state index contributed by atoms with van der Waals surface area (Å²) in [4.78, 5) is 2.65. The molecular formula is C14H21N. The summed E-state index contributed by atoms with van der Waals surface area (Å²) in [6, 6.07) is 11.7. The Bertz CT molecular complexity index is 277. The van der Waals surface area contributed by atoms with Crippen molar-refractivity contribution in [2.75, 3.05) is 6.54 Å². The third kappa shape index (κ3) is 3.35. The lowest BCUT2D eigenvalue weighted by Gasteiger charge is -2.21. The minimum Gasteiger partial charge on any atom is -0.296 e. The molecule has 82 valence electrons. The van der Waals surface area contributed by atoms with Gasteiger partial charge in [0.05, 0.1) is 0 Å². The van der Waals surface area contributed by atoms with E-state index in [1.165, 1.54) is 37.8 Å². The first-order valence-electron chi connectivity index (χ1n) is 6.18. The average Bonchev–Trinajstić information content (AvgIpc) is 3.09. The molecule has 0 saturated heterocycles. The highest BCUT2D eigenvalue weighted by Crippen LogP contribution is 2.28. The van der Waals surface area contributed by atoms with Crippen LogP contribution in [0.25, 0.3) is 0 Å². The molecule has 0 heterocycles. The summed E-state index contributed by atoms with van der Waals surface area (Å²) in [6.07, 6.45) is 5.47. The SMILES string of the molecule is CCCCN(Cc1ccccc1)C1CC1. The first kappa shape index (κ1) is 10.7. The molecule has 0 atom stereocenters. The quantitative estimate of drug-likeness (QED) is 0.684. The Morgan fingerprint density at radius 2 is 1.93 bits per heavy atom. The Balaban J connectivity index is 1.88. The van der Waals surface area contributed by atoms with E-state index in [2.05, 4.69) is 42.2 Å². The van der Waals surface area contributed by atoms with Crippen LogP contribution in [-0.2, 0) is 6.54 Å². The molecule has 1 saturated carbocycles. The van der Waals surface area contributed by atoms with Crippen molar-refractivity contribution in [2.24, 2.45) is 0 Å². The topological polar surface area (TPSA) is 3.24 Å². The lowest BCUT2D eigenvalue weighted by atomic mass is 10.2. The van der Waals surface area contributed by atoms with Crippen molar-refractivity contribution in [3.05, 3.63) is 35.9 Å². The highest BCUT2D eigenvalue weighted by molar-refractivity contribution is 5.14. The van der Waals surface area contributed by atoms with Crippen LogP contribution in [0.1, 0.15) is 38.2 Å². The van der Waals surface area contributed by atoms with Crippen molar-refractivity contribution in [3.8, 4) is 0 Å². The molecule has 1 nitrogen and oxygen atoms in total. The zero-order valence-corrected chi connectivity index (χ0v) is 9.65. The second kappa shape index (κ2) is 5.32. The molecule has 15 heavy (non-hydrogen) atoms. The minimum absolute atomic E-state index is 0.886. The monoisotopic (exact) mass is 203 g/mol. The van der Waals surface area contributed by atoms with Crippen molar-refractivity contribution < 1.29 is 0 Å². The normalized spacial score (nSPS) is 15.9. The first-order chi connectivity index (χ1) is 7.40. The number of nitrogens with zero attached hydrogens (tertiary/aromatic N) is 1. The molecule has 1 aromatic rings. The second-order valence-electron chi connectivity index (χ2n) is 4.54. The molecule has 0 radical (unpaired) electrons. The van der Waals surface area contributed by atoms with Crippen LogP contribution < -0.4 is 0 Å². The predicted molar refractivity (Wildman–Crippen MR) is 64.8 cm³/mol. The Hall–Kier alpha value is -0.820. The maximum absolute atomic E-state index is 2.65. The maximum atomic E-state index is 2.65. The molecule has 1 heteroatoms. The van der Waals surface area contributed by atoms with Crippen LogP contribution >= 0.6 is 0 Å². The molecule has 1 aliphatic rings. The standard InChI is InChI=1S/C14H21N/c1-2-3-11-15(14-9-10-14)12-13-7-5-4-6-8-13/h4-8,14H,2-3,9-12H2,1H3. The zero-order chi connectivity index (χ0) is 10.5. The Kier molecular flexibility index (Phi) is 3.79. The molecule has 0 spiro atoms. The van der Waals surface area contributed by atoms with E-state index in [-0.39, 0.29) is 0 Å². The number of hydrogen-bond donors (Lipinski definition) is 0. The highest BCUT2D eigenvalue weighted by Gasteiger charge is 2.28. The summed E-state index contributed by atoms with van der Waals surface area (Å²) < 4.78 is 0. The molecule has 0 unspecified atom stereocenters. The van der Waals surface area contributed by atoms with Crippen LogP contribution in [0, 0.1) is 0 Å². The van der Waals surface area contributed by atoms with Crippen LogP contribution in [0.4, 0.5) is 0 Å². The van der Waals surface area contributed by atoms with Gasteiger partial charge in [-0.3, -0.25) is 4.90 Å².